The minimum atomic E-state index is -0.871. The molecule has 0 bridgehead atoms. The number of hydrogen-bond donors (Lipinski definition) is 1. The Morgan fingerprint density at radius 2 is 1.77 bits per heavy atom. The van der Waals surface area contributed by atoms with E-state index >= 15 is 0 Å². The summed E-state index contributed by atoms with van der Waals surface area (Å²) in [6.45, 7) is 4.00. The number of hydrogen-bond acceptors (Lipinski definition) is 2. The van der Waals surface area contributed by atoms with Gasteiger partial charge in [-0.3, -0.25) is 4.99 Å². The van der Waals surface area contributed by atoms with Gasteiger partial charge in [0.05, 0.1) is 0 Å². The quantitative estimate of drug-likeness (QED) is 0.809. The van der Waals surface area contributed by atoms with Crippen LogP contribution in [0.15, 0.2) is 59.6 Å². The largest absolute Gasteiger partial charge is 0.480 e. The number of nitrogens with zero attached hydrogens (tertiary/aromatic N) is 1. The van der Waals surface area contributed by atoms with Crippen LogP contribution in [0.1, 0.15) is 25.8 Å². The van der Waals surface area contributed by atoms with E-state index in [1.54, 1.807) is 6.21 Å². The van der Waals surface area contributed by atoms with E-state index < -0.39 is 12.0 Å². The molecule has 0 saturated heterocycles. The summed E-state index contributed by atoms with van der Waals surface area (Å²) in [5, 5.41) is 9.22. The molecule has 3 nitrogen and oxygen atoms in total. The number of carbonyl (C=O) groups is 1. The van der Waals surface area contributed by atoms with E-state index in [0.717, 1.165) is 16.7 Å². The highest BCUT2D eigenvalue weighted by Crippen LogP contribution is 2.19. The van der Waals surface area contributed by atoms with E-state index in [1.807, 2.05) is 56.3 Å². The number of rotatable bonds is 6. The third kappa shape index (κ3) is 4.55. The second kappa shape index (κ2) is 7.55. The summed E-state index contributed by atoms with van der Waals surface area (Å²) in [6, 6.07) is 17.4. The molecule has 2 aromatic rings. The maximum atomic E-state index is 11.2. The van der Waals surface area contributed by atoms with Gasteiger partial charge in [-0.15, -0.1) is 0 Å². The zero-order valence-electron chi connectivity index (χ0n) is 12.9. The average Bonchev–Trinajstić information content (AvgIpc) is 2.52. The second-order valence-electron chi connectivity index (χ2n) is 5.75. The molecule has 0 aliphatic carbocycles. The standard InChI is InChI=1S/C19H21NO2/c1-14(2)11-18(19(21)22)20-13-15-7-6-10-17(12-15)16-8-4-3-5-9-16/h3-10,12-14,18H,11H2,1-2H3,(H,21,22)/b20-13+. The summed E-state index contributed by atoms with van der Waals surface area (Å²) in [5.74, 6) is -0.571. The summed E-state index contributed by atoms with van der Waals surface area (Å²) in [7, 11) is 0. The molecular formula is C19H21NO2. The van der Waals surface area contributed by atoms with E-state index in [9.17, 15) is 9.90 Å². The van der Waals surface area contributed by atoms with Crippen LogP contribution in [-0.2, 0) is 4.79 Å². The normalized spacial score (nSPS) is 12.7. The summed E-state index contributed by atoms with van der Waals surface area (Å²) in [6.07, 6.45) is 2.21. The molecule has 0 saturated carbocycles. The van der Waals surface area contributed by atoms with Crippen molar-refractivity contribution in [1.82, 2.24) is 0 Å². The molecule has 1 N–H and O–H groups in total. The van der Waals surface area contributed by atoms with Crippen LogP contribution in [0.4, 0.5) is 0 Å². The molecule has 22 heavy (non-hydrogen) atoms. The lowest BCUT2D eigenvalue weighted by Gasteiger charge is -2.10. The highest BCUT2D eigenvalue weighted by Gasteiger charge is 2.16. The highest BCUT2D eigenvalue weighted by molar-refractivity contribution is 5.85. The third-order valence-corrected chi connectivity index (χ3v) is 3.38. The third-order valence-electron chi connectivity index (χ3n) is 3.38. The average molecular weight is 295 g/mol. The van der Waals surface area contributed by atoms with Crippen LogP contribution < -0.4 is 0 Å². The number of aliphatic carboxylic acids is 1. The van der Waals surface area contributed by atoms with Crippen molar-refractivity contribution in [3.63, 3.8) is 0 Å². The molecule has 1 atom stereocenters. The van der Waals surface area contributed by atoms with Gasteiger partial charge in [0.1, 0.15) is 6.04 Å². The molecule has 0 amide bonds. The molecule has 0 aliphatic rings. The van der Waals surface area contributed by atoms with Crippen LogP contribution in [0.25, 0.3) is 11.1 Å². The lowest BCUT2D eigenvalue weighted by molar-refractivity contribution is -0.138. The predicted octanol–water partition coefficient (Wildman–Crippen LogP) is 4.27. The fourth-order valence-corrected chi connectivity index (χ4v) is 2.28. The zero-order valence-corrected chi connectivity index (χ0v) is 12.9. The van der Waals surface area contributed by atoms with Gasteiger partial charge in [0.2, 0.25) is 0 Å². The van der Waals surface area contributed by atoms with E-state index in [-0.39, 0.29) is 0 Å². The smallest absolute Gasteiger partial charge is 0.328 e. The molecule has 0 radical (unpaired) electrons. The lowest BCUT2D eigenvalue weighted by atomic mass is 10.0. The Labute approximate surface area is 131 Å². The van der Waals surface area contributed by atoms with Gasteiger partial charge in [0, 0.05) is 6.21 Å². The summed E-state index contributed by atoms with van der Waals surface area (Å²) in [4.78, 5) is 15.5. The number of benzene rings is 2. The Morgan fingerprint density at radius 3 is 2.41 bits per heavy atom. The van der Waals surface area contributed by atoms with Crippen molar-refractivity contribution in [3.8, 4) is 11.1 Å². The number of aliphatic imine (C=N–C) groups is 1. The Morgan fingerprint density at radius 1 is 1.09 bits per heavy atom. The van der Waals surface area contributed by atoms with E-state index in [2.05, 4.69) is 17.1 Å². The first-order valence-corrected chi connectivity index (χ1v) is 7.47. The van der Waals surface area contributed by atoms with Gasteiger partial charge in [-0.05, 0) is 35.1 Å². The van der Waals surface area contributed by atoms with Crippen LogP contribution in [0.3, 0.4) is 0 Å². The Balaban J connectivity index is 2.19. The SMILES string of the molecule is CC(C)CC(/N=C/c1cccc(-c2ccccc2)c1)C(=O)O. The highest BCUT2D eigenvalue weighted by atomic mass is 16.4. The van der Waals surface area contributed by atoms with Gasteiger partial charge < -0.3 is 5.11 Å². The van der Waals surface area contributed by atoms with Crippen molar-refractivity contribution in [2.24, 2.45) is 10.9 Å². The van der Waals surface area contributed by atoms with Crippen molar-refractivity contribution in [1.29, 1.82) is 0 Å². The van der Waals surface area contributed by atoms with Crippen molar-refractivity contribution in [3.05, 3.63) is 60.2 Å². The van der Waals surface area contributed by atoms with Gasteiger partial charge in [-0.2, -0.15) is 0 Å². The van der Waals surface area contributed by atoms with Crippen LogP contribution in [-0.4, -0.2) is 23.3 Å². The lowest BCUT2D eigenvalue weighted by Crippen LogP contribution is -2.20. The topological polar surface area (TPSA) is 49.7 Å². The molecule has 3 heteroatoms. The second-order valence-corrected chi connectivity index (χ2v) is 5.75. The molecule has 0 fully saturated rings. The molecule has 2 aromatic carbocycles. The maximum Gasteiger partial charge on any atom is 0.328 e. The monoisotopic (exact) mass is 295 g/mol. The molecule has 1 unspecified atom stereocenters. The van der Waals surface area contributed by atoms with Crippen LogP contribution >= 0.6 is 0 Å². The zero-order chi connectivity index (χ0) is 15.9. The minimum Gasteiger partial charge on any atom is -0.480 e. The van der Waals surface area contributed by atoms with Crippen LogP contribution in [0.2, 0.25) is 0 Å². The Kier molecular flexibility index (Phi) is 5.48. The Hall–Kier alpha value is -2.42. The van der Waals surface area contributed by atoms with Crippen molar-refractivity contribution in [2.75, 3.05) is 0 Å². The molecule has 0 aliphatic heterocycles. The summed E-state index contributed by atoms with van der Waals surface area (Å²) < 4.78 is 0. The summed E-state index contributed by atoms with van der Waals surface area (Å²) >= 11 is 0. The fourth-order valence-electron chi connectivity index (χ4n) is 2.28. The van der Waals surface area contributed by atoms with Crippen LogP contribution in [0.5, 0.6) is 0 Å². The van der Waals surface area contributed by atoms with E-state index in [0.29, 0.717) is 12.3 Å². The molecule has 0 spiro atoms. The fraction of sp³-hybridized carbons (Fsp3) is 0.263. The molecule has 0 aromatic heterocycles. The first kappa shape index (κ1) is 16.0. The van der Waals surface area contributed by atoms with Gasteiger partial charge in [0.25, 0.3) is 0 Å². The van der Waals surface area contributed by atoms with Crippen molar-refractivity contribution >= 4 is 12.2 Å². The number of carboxylic acid groups (broad SMARTS) is 1. The minimum absolute atomic E-state index is 0.300. The number of carboxylic acids is 1. The first-order chi connectivity index (χ1) is 10.6. The molecule has 114 valence electrons. The van der Waals surface area contributed by atoms with Gasteiger partial charge >= 0.3 is 5.97 Å². The molecular weight excluding hydrogens is 274 g/mol. The van der Waals surface area contributed by atoms with Crippen molar-refractivity contribution < 1.29 is 9.90 Å². The molecule has 0 heterocycles. The van der Waals surface area contributed by atoms with Crippen molar-refractivity contribution in [2.45, 2.75) is 26.3 Å². The van der Waals surface area contributed by atoms with E-state index in [4.69, 9.17) is 0 Å². The van der Waals surface area contributed by atoms with Gasteiger partial charge in [0.15, 0.2) is 0 Å². The van der Waals surface area contributed by atoms with Gasteiger partial charge in [-0.25, -0.2) is 4.79 Å². The van der Waals surface area contributed by atoms with Crippen LogP contribution in [0, 0.1) is 5.92 Å². The summed E-state index contributed by atoms with van der Waals surface area (Å²) in [5.41, 5.74) is 3.14. The molecule has 2 rings (SSSR count). The Bertz CT molecular complexity index is 647. The van der Waals surface area contributed by atoms with E-state index in [1.165, 1.54) is 0 Å². The maximum absolute atomic E-state index is 11.2. The van der Waals surface area contributed by atoms with Gasteiger partial charge in [-0.1, -0.05) is 62.4 Å². The predicted molar refractivity (Wildman–Crippen MR) is 90.4 cm³/mol. The first-order valence-electron chi connectivity index (χ1n) is 7.47.